The average molecular weight is 230 g/mol. The number of halogens is 3. The van der Waals surface area contributed by atoms with Crippen LogP contribution in [0.4, 0.5) is 14.6 Å². The van der Waals surface area contributed by atoms with Crippen molar-refractivity contribution in [2.45, 2.75) is 0 Å². The molecule has 0 aliphatic heterocycles. The normalized spacial score (nSPS) is 10.6. The Morgan fingerprint density at radius 1 is 1.33 bits per heavy atom. The number of benzene rings is 1. The van der Waals surface area contributed by atoms with E-state index in [2.05, 4.69) is 10.2 Å². The van der Waals surface area contributed by atoms with Crippen LogP contribution >= 0.6 is 11.6 Å². The van der Waals surface area contributed by atoms with E-state index in [1.165, 1.54) is 12.1 Å². The Hall–Kier alpha value is -1.62. The molecule has 0 atom stereocenters. The Labute approximate surface area is 88.9 Å². The van der Waals surface area contributed by atoms with E-state index < -0.39 is 11.6 Å². The second-order valence-electron chi connectivity index (χ2n) is 2.93. The van der Waals surface area contributed by atoms with Gasteiger partial charge in [-0.1, -0.05) is 17.7 Å². The molecule has 78 valence electrons. The minimum Gasteiger partial charge on any atom is -0.380 e. The summed E-state index contributed by atoms with van der Waals surface area (Å²) in [4.78, 5) is 0. The standard InChI is InChI=1S/C9H6ClF2N3/c10-5-2-1-4(3-6(5)11)8-7(12)9(13)15-14-8/h1-3H,(H3,13,14,15). The Morgan fingerprint density at radius 3 is 2.60 bits per heavy atom. The molecular formula is C9H6ClF2N3. The van der Waals surface area contributed by atoms with Gasteiger partial charge in [0.05, 0.1) is 5.02 Å². The van der Waals surface area contributed by atoms with Crippen LogP contribution in [0.2, 0.25) is 5.02 Å². The summed E-state index contributed by atoms with van der Waals surface area (Å²) >= 11 is 5.49. The fraction of sp³-hybridized carbons (Fsp3) is 0. The van der Waals surface area contributed by atoms with Gasteiger partial charge in [0, 0.05) is 5.56 Å². The van der Waals surface area contributed by atoms with E-state index in [0.29, 0.717) is 5.56 Å². The minimum atomic E-state index is -0.697. The molecule has 3 nitrogen and oxygen atoms in total. The minimum absolute atomic E-state index is 0.0216. The molecule has 0 saturated heterocycles. The van der Waals surface area contributed by atoms with Gasteiger partial charge in [0.15, 0.2) is 11.6 Å². The highest BCUT2D eigenvalue weighted by Gasteiger charge is 2.13. The zero-order chi connectivity index (χ0) is 11.0. The largest absolute Gasteiger partial charge is 0.380 e. The highest BCUT2D eigenvalue weighted by atomic mass is 35.5. The van der Waals surface area contributed by atoms with Gasteiger partial charge >= 0.3 is 0 Å². The van der Waals surface area contributed by atoms with Crippen molar-refractivity contribution in [2.75, 3.05) is 5.73 Å². The maximum Gasteiger partial charge on any atom is 0.192 e. The molecule has 0 saturated carbocycles. The molecule has 0 aliphatic rings. The number of rotatable bonds is 1. The molecule has 1 aromatic heterocycles. The number of aromatic nitrogens is 2. The van der Waals surface area contributed by atoms with Gasteiger partial charge in [-0.25, -0.2) is 8.78 Å². The second kappa shape index (κ2) is 3.51. The quantitative estimate of drug-likeness (QED) is 0.790. The van der Waals surface area contributed by atoms with Crippen LogP contribution in [0.3, 0.4) is 0 Å². The third-order valence-corrected chi connectivity index (χ3v) is 2.25. The van der Waals surface area contributed by atoms with E-state index in [1.807, 2.05) is 0 Å². The number of hydrogen-bond donors (Lipinski definition) is 2. The van der Waals surface area contributed by atoms with Crippen molar-refractivity contribution in [2.24, 2.45) is 0 Å². The summed E-state index contributed by atoms with van der Waals surface area (Å²) in [5, 5.41) is 5.82. The van der Waals surface area contributed by atoms with Crippen LogP contribution in [0.1, 0.15) is 0 Å². The number of nitrogens with two attached hydrogens (primary N) is 1. The third-order valence-electron chi connectivity index (χ3n) is 1.94. The van der Waals surface area contributed by atoms with Crippen LogP contribution in [-0.4, -0.2) is 10.2 Å². The Bertz CT molecular complexity index is 510. The first-order chi connectivity index (χ1) is 7.09. The van der Waals surface area contributed by atoms with Gasteiger partial charge in [0.25, 0.3) is 0 Å². The third kappa shape index (κ3) is 1.66. The molecule has 3 N–H and O–H groups in total. The molecule has 1 heterocycles. The zero-order valence-electron chi connectivity index (χ0n) is 7.39. The first kappa shape index (κ1) is 9.92. The maximum atomic E-state index is 13.3. The Morgan fingerprint density at radius 2 is 2.07 bits per heavy atom. The summed E-state index contributed by atoms with van der Waals surface area (Å²) in [6.07, 6.45) is 0. The molecule has 1 aromatic carbocycles. The number of nitrogens with zero attached hydrogens (tertiary/aromatic N) is 1. The first-order valence-electron chi connectivity index (χ1n) is 4.04. The topological polar surface area (TPSA) is 54.7 Å². The molecule has 0 unspecified atom stereocenters. The van der Waals surface area contributed by atoms with Crippen molar-refractivity contribution in [3.05, 3.63) is 34.9 Å². The number of anilines is 1. The number of H-pyrrole nitrogens is 1. The van der Waals surface area contributed by atoms with Gasteiger partial charge in [0.1, 0.15) is 11.5 Å². The van der Waals surface area contributed by atoms with Crippen LogP contribution in [0.5, 0.6) is 0 Å². The van der Waals surface area contributed by atoms with Gasteiger partial charge in [-0.05, 0) is 12.1 Å². The predicted octanol–water partition coefficient (Wildman–Crippen LogP) is 2.59. The average Bonchev–Trinajstić information content (AvgIpc) is 2.53. The summed E-state index contributed by atoms with van der Waals surface area (Å²) in [6.45, 7) is 0. The number of aromatic amines is 1. The van der Waals surface area contributed by atoms with Crippen LogP contribution in [0.15, 0.2) is 18.2 Å². The van der Waals surface area contributed by atoms with Crippen molar-refractivity contribution in [3.8, 4) is 11.3 Å². The van der Waals surface area contributed by atoms with Crippen LogP contribution in [0.25, 0.3) is 11.3 Å². The highest BCUT2D eigenvalue weighted by Crippen LogP contribution is 2.26. The van der Waals surface area contributed by atoms with Crippen molar-refractivity contribution < 1.29 is 8.78 Å². The van der Waals surface area contributed by atoms with Crippen molar-refractivity contribution in [1.29, 1.82) is 0 Å². The molecule has 15 heavy (non-hydrogen) atoms. The highest BCUT2D eigenvalue weighted by molar-refractivity contribution is 6.30. The molecule has 0 bridgehead atoms. The van der Waals surface area contributed by atoms with Crippen molar-refractivity contribution >= 4 is 17.4 Å². The second-order valence-corrected chi connectivity index (χ2v) is 3.33. The van der Waals surface area contributed by atoms with Crippen LogP contribution in [0, 0.1) is 11.6 Å². The van der Waals surface area contributed by atoms with E-state index in [0.717, 1.165) is 6.07 Å². The van der Waals surface area contributed by atoms with E-state index in [-0.39, 0.29) is 16.5 Å². The maximum absolute atomic E-state index is 13.3. The summed E-state index contributed by atoms with van der Waals surface area (Å²) in [6, 6.07) is 3.92. The number of nitrogens with one attached hydrogen (secondary N) is 1. The smallest absolute Gasteiger partial charge is 0.192 e. The lowest BCUT2D eigenvalue weighted by atomic mass is 10.1. The monoisotopic (exact) mass is 229 g/mol. The lowest BCUT2D eigenvalue weighted by Gasteiger charge is -1.99. The molecule has 0 spiro atoms. The van der Waals surface area contributed by atoms with Crippen LogP contribution < -0.4 is 5.73 Å². The first-order valence-corrected chi connectivity index (χ1v) is 4.42. The van der Waals surface area contributed by atoms with Crippen molar-refractivity contribution in [3.63, 3.8) is 0 Å². The Balaban J connectivity index is 2.55. The van der Waals surface area contributed by atoms with E-state index in [1.54, 1.807) is 0 Å². The molecular weight excluding hydrogens is 224 g/mol. The lowest BCUT2D eigenvalue weighted by Crippen LogP contribution is -1.88. The molecule has 0 amide bonds. The van der Waals surface area contributed by atoms with Crippen molar-refractivity contribution in [1.82, 2.24) is 10.2 Å². The van der Waals surface area contributed by atoms with Gasteiger partial charge in [-0.15, -0.1) is 0 Å². The summed E-state index contributed by atoms with van der Waals surface area (Å²) < 4.78 is 26.4. The van der Waals surface area contributed by atoms with Gasteiger partial charge in [-0.3, -0.25) is 5.10 Å². The molecule has 2 rings (SSSR count). The van der Waals surface area contributed by atoms with E-state index in [9.17, 15) is 8.78 Å². The number of nitrogen functional groups attached to an aromatic ring is 1. The lowest BCUT2D eigenvalue weighted by molar-refractivity contribution is 0.626. The van der Waals surface area contributed by atoms with E-state index >= 15 is 0 Å². The fourth-order valence-corrected chi connectivity index (χ4v) is 1.30. The van der Waals surface area contributed by atoms with Crippen LogP contribution in [-0.2, 0) is 0 Å². The fourth-order valence-electron chi connectivity index (χ4n) is 1.19. The molecule has 2 aromatic rings. The number of hydrogen-bond acceptors (Lipinski definition) is 2. The molecule has 6 heteroatoms. The van der Waals surface area contributed by atoms with Gasteiger partial charge in [-0.2, -0.15) is 5.10 Å². The summed E-state index contributed by atoms with van der Waals surface area (Å²) in [5.74, 6) is -1.57. The predicted molar refractivity (Wildman–Crippen MR) is 53.4 cm³/mol. The SMILES string of the molecule is Nc1n[nH]c(-c2ccc(Cl)c(F)c2)c1F. The summed E-state index contributed by atoms with van der Waals surface area (Å²) in [7, 11) is 0. The molecule has 0 aliphatic carbocycles. The van der Waals surface area contributed by atoms with Gasteiger partial charge in [0.2, 0.25) is 0 Å². The zero-order valence-corrected chi connectivity index (χ0v) is 8.15. The Kier molecular flexibility index (Phi) is 2.32. The summed E-state index contributed by atoms with van der Waals surface area (Å²) in [5.41, 5.74) is 5.56. The molecule has 0 radical (unpaired) electrons. The molecule has 0 fully saturated rings. The van der Waals surface area contributed by atoms with Gasteiger partial charge < -0.3 is 5.73 Å². The van der Waals surface area contributed by atoms with E-state index in [4.69, 9.17) is 17.3 Å².